The van der Waals surface area contributed by atoms with Crippen LogP contribution in [0.4, 0.5) is 35.5 Å². The maximum Gasteiger partial charge on any atom is 0.434 e. The topological polar surface area (TPSA) is 59.1 Å². The second-order valence-corrected chi connectivity index (χ2v) is 15.3. The summed E-state index contributed by atoms with van der Waals surface area (Å²) in [7, 11) is -0.858. The maximum absolute atomic E-state index is 14.7. The number of ether oxygens (including phenoxy) is 2. The number of nitrogens with zero attached hydrogens (tertiary/aromatic N) is 2. The van der Waals surface area contributed by atoms with E-state index >= 15 is 0 Å². The van der Waals surface area contributed by atoms with Crippen molar-refractivity contribution in [2.24, 2.45) is 5.41 Å². The number of hydrogen-bond donors (Lipinski definition) is 0. The Balaban J connectivity index is 2.05. The Labute approximate surface area is 230 Å². The van der Waals surface area contributed by atoms with Gasteiger partial charge < -0.3 is 14.4 Å². The zero-order valence-electron chi connectivity index (χ0n) is 22.8. The van der Waals surface area contributed by atoms with Gasteiger partial charge in [0.2, 0.25) is 0 Å². The van der Waals surface area contributed by atoms with Crippen LogP contribution in [0.5, 0.6) is 0 Å². The van der Waals surface area contributed by atoms with Gasteiger partial charge in [-0.05, 0) is 44.2 Å². The molecule has 226 valence electrons. The lowest BCUT2D eigenvalue weighted by molar-refractivity contribution is -0.308. The molecule has 1 saturated heterocycles. The van der Waals surface area contributed by atoms with Crippen LogP contribution in [0.25, 0.3) is 0 Å². The number of esters is 1. The van der Waals surface area contributed by atoms with Crippen molar-refractivity contribution >= 4 is 22.1 Å². The fraction of sp³-hybridized carbons (Fsp3) is 0.615. The molecule has 1 aromatic rings. The van der Waals surface area contributed by atoms with Crippen molar-refractivity contribution in [2.45, 2.75) is 38.8 Å². The first-order valence-corrected chi connectivity index (χ1v) is 15.2. The second-order valence-electron chi connectivity index (χ2n) is 10.7. The lowest BCUT2D eigenvalue weighted by atomic mass is 9.93. The van der Waals surface area contributed by atoms with E-state index in [1.807, 2.05) is 0 Å². The summed E-state index contributed by atoms with van der Waals surface area (Å²) < 4.78 is 100. The summed E-state index contributed by atoms with van der Waals surface area (Å²) in [5.41, 5.74) is -0.718. The summed E-state index contributed by atoms with van der Waals surface area (Å²) in [4.78, 5) is 27.0. The fourth-order valence-electron chi connectivity index (χ4n) is 3.50. The molecule has 14 heteroatoms. The first kappa shape index (κ1) is 33.5. The molecule has 0 radical (unpaired) electrons. The number of amides is 1. The van der Waals surface area contributed by atoms with Crippen molar-refractivity contribution in [1.29, 1.82) is 0 Å². The second kappa shape index (κ2) is 12.9. The van der Waals surface area contributed by atoms with E-state index in [1.54, 1.807) is 24.8 Å². The van der Waals surface area contributed by atoms with Gasteiger partial charge in [-0.15, -0.1) is 0 Å². The highest BCUT2D eigenvalue weighted by atomic mass is 32.3. The minimum Gasteiger partial charge on any atom is -0.464 e. The third kappa shape index (κ3) is 10.1. The molecule has 0 aromatic heterocycles. The third-order valence-electron chi connectivity index (χ3n) is 5.88. The smallest absolute Gasteiger partial charge is 0.434 e. The number of carbonyl (C=O) groups is 2. The van der Waals surface area contributed by atoms with Crippen LogP contribution in [0.15, 0.2) is 18.2 Å². The van der Waals surface area contributed by atoms with E-state index in [4.69, 9.17) is 4.74 Å². The molecule has 6 nitrogen and oxygen atoms in total. The number of hydrogen-bond acceptors (Lipinski definition) is 5. The molecule has 1 amide bonds. The third-order valence-corrected chi connectivity index (χ3v) is 7.27. The van der Waals surface area contributed by atoms with Crippen LogP contribution >= 0.6 is 10.0 Å². The summed E-state index contributed by atoms with van der Waals surface area (Å²) in [6.07, 6.45) is -11.3. The normalized spacial score (nSPS) is 15.9. The zero-order valence-corrected chi connectivity index (χ0v) is 23.7. The average molecular weight is 603 g/mol. The molecule has 1 aromatic carbocycles. The highest BCUT2D eigenvalue weighted by Crippen LogP contribution is 2.36. The molecule has 40 heavy (non-hydrogen) atoms. The molecule has 1 heterocycles. The standard InChI is InChI=1S/C26H33F7N2O4S/c1-24(2,22(36)38-15-16-40(3,4)5)10-9-19-18(7-6-8-20(19)27)17-34-11-13-35(14-12-34)23(37)39-21(25(28,29)30)26(31,32)33/h6-8,21H,11-17H2,1-5H3. The van der Waals surface area contributed by atoms with Gasteiger partial charge in [-0.2, -0.15) is 26.3 Å². The molecule has 0 bridgehead atoms. The Bertz CT molecular complexity index is 1100. The van der Waals surface area contributed by atoms with Crippen LogP contribution in [0, 0.1) is 23.1 Å². The average Bonchev–Trinajstić information content (AvgIpc) is 2.80. The van der Waals surface area contributed by atoms with E-state index < -0.39 is 51.8 Å². The Morgan fingerprint density at radius 2 is 1.57 bits per heavy atom. The SMILES string of the molecule is CC(C)(C#Cc1c(F)cccc1CN1CCN(C(=O)OC(C(F)(F)F)C(F)(F)F)CC1)C(=O)OCCS(C)(C)C. The largest absolute Gasteiger partial charge is 0.464 e. The lowest BCUT2D eigenvalue weighted by Gasteiger charge is -2.35. The molecular weight excluding hydrogens is 569 g/mol. The van der Waals surface area contributed by atoms with Crippen LogP contribution in [-0.2, 0) is 20.8 Å². The lowest BCUT2D eigenvalue weighted by Crippen LogP contribution is -2.52. The number of benzene rings is 1. The van der Waals surface area contributed by atoms with Gasteiger partial charge in [-0.25, -0.2) is 19.2 Å². The van der Waals surface area contributed by atoms with Gasteiger partial charge in [0.25, 0.3) is 6.10 Å². The summed E-state index contributed by atoms with van der Waals surface area (Å²) in [5, 5.41) is 0. The number of carbonyl (C=O) groups excluding carboxylic acids is 2. The predicted octanol–water partition coefficient (Wildman–Crippen LogP) is 5.19. The summed E-state index contributed by atoms with van der Waals surface area (Å²) in [6.45, 7) is 3.27. The van der Waals surface area contributed by atoms with E-state index in [2.05, 4.69) is 35.3 Å². The maximum atomic E-state index is 14.7. The van der Waals surface area contributed by atoms with Crippen molar-refractivity contribution in [3.63, 3.8) is 0 Å². The number of piperazine rings is 1. The van der Waals surface area contributed by atoms with Crippen molar-refractivity contribution in [3.8, 4) is 11.8 Å². The number of alkyl halides is 6. The molecule has 0 unspecified atom stereocenters. The quantitative estimate of drug-likeness (QED) is 0.245. The Kier molecular flexibility index (Phi) is 10.8. The molecule has 0 N–H and O–H groups in total. The van der Waals surface area contributed by atoms with E-state index in [0.717, 1.165) is 10.7 Å². The van der Waals surface area contributed by atoms with Crippen LogP contribution in [-0.4, -0.2) is 97.6 Å². The van der Waals surface area contributed by atoms with Crippen molar-refractivity contribution in [1.82, 2.24) is 9.80 Å². The Hall–Kier alpha value is -2.66. The van der Waals surface area contributed by atoms with Gasteiger partial charge in [0.1, 0.15) is 11.2 Å². The Morgan fingerprint density at radius 1 is 1.00 bits per heavy atom. The van der Waals surface area contributed by atoms with Crippen molar-refractivity contribution in [3.05, 3.63) is 35.1 Å². The van der Waals surface area contributed by atoms with Gasteiger partial charge in [0.15, 0.2) is 0 Å². The van der Waals surface area contributed by atoms with Crippen LogP contribution in [0.2, 0.25) is 0 Å². The summed E-state index contributed by atoms with van der Waals surface area (Å²) >= 11 is 0. The van der Waals surface area contributed by atoms with Crippen LogP contribution in [0.1, 0.15) is 25.0 Å². The first-order valence-electron chi connectivity index (χ1n) is 12.2. The molecule has 0 atom stereocenters. The van der Waals surface area contributed by atoms with Gasteiger partial charge in [0, 0.05) is 38.5 Å². The Morgan fingerprint density at radius 3 is 2.10 bits per heavy atom. The zero-order chi connectivity index (χ0) is 30.5. The van der Waals surface area contributed by atoms with Gasteiger partial charge in [-0.3, -0.25) is 9.69 Å². The predicted molar refractivity (Wildman–Crippen MR) is 137 cm³/mol. The summed E-state index contributed by atoms with van der Waals surface area (Å²) in [5.74, 6) is 5.07. The molecule has 2 rings (SSSR count). The molecule has 0 spiro atoms. The molecule has 1 aliphatic heterocycles. The van der Waals surface area contributed by atoms with Gasteiger partial charge >= 0.3 is 24.4 Å². The minimum atomic E-state index is -5.80. The van der Waals surface area contributed by atoms with E-state index in [9.17, 15) is 40.3 Å². The highest BCUT2D eigenvalue weighted by molar-refractivity contribution is 8.32. The van der Waals surface area contributed by atoms with Crippen molar-refractivity contribution < 1.29 is 49.8 Å². The van der Waals surface area contributed by atoms with E-state index in [0.29, 0.717) is 5.56 Å². The van der Waals surface area contributed by atoms with E-state index in [-0.39, 0.29) is 44.9 Å². The van der Waals surface area contributed by atoms with Gasteiger partial charge in [-0.1, -0.05) is 24.0 Å². The van der Waals surface area contributed by atoms with Crippen LogP contribution < -0.4 is 0 Å². The minimum absolute atomic E-state index is 0.0440. The van der Waals surface area contributed by atoms with Gasteiger partial charge in [0.05, 0.1) is 12.2 Å². The molecular formula is C26H33F7N2O4S. The van der Waals surface area contributed by atoms with Crippen molar-refractivity contribution in [2.75, 3.05) is 57.3 Å². The highest BCUT2D eigenvalue weighted by Gasteiger charge is 2.60. The molecule has 0 aliphatic carbocycles. The summed E-state index contributed by atoms with van der Waals surface area (Å²) in [6, 6.07) is 4.28. The monoisotopic (exact) mass is 602 g/mol. The van der Waals surface area contributed by atoms with E-state index in [1.165, 1.54) is 12.1 Å². The number of rotatable bonds is 7. The molecule has 1 fully saturated rings. The van der Waals surface area contributed by atoms with Crippen LogP contribution in [0.3, 0.4) is 0 Å². The molecule has 1 aliphatic rings. The number of halogens is 7. The fourth-order valence-corrected chi connectivity index (χ4v) is 4.08. The first-order chi connectivity index (χ1) is 18.2. The molecule has 0 saturated carbocycles.